The standard InChI is InChI=1S/C22H27NO3/c1-15(13-16-5-7-17(8-6-16)22(2,3)4)21(24)23-18-9-10-19-20(14-18)26-12-11-25-19/h5-10,14-15H,11-13H2,1-4H3,(H,23,24). The smallest absolute Gasteiger partial charge is 0.227 e. The average Bonchev–Trinajstić information content (AvgIpc) is 2.61. The number of amides is 1. The fourth-order valence-corrected chi connectivity index (χ4v) is 2.97. The van der Waals surface area contributed by atoms with E-state index in [0.29, 0.717) is 25.4 Å². The van der Waals surface area contributed by atoms with Gasteiger partial charge in [0, 0.05) is 17.7 Å². The van der Waals surface area contributed by atoms with E-state index in [-0.39, 0.29) is 17.2 Å². The summed E-state index contributed by atoms with van der Waals surface area (Å²) >= 11 is 0. The van der Waals surface area contributed by atoms with Gasteiger partial charge in [0.25, 0.3) is 0 Å². The number of carbonyl (C=O) groups excluding carboxylic acids is 1. The summed E-state index contributed by atoms with van der Waals surface area (Å²) in [6.45, 7) is 9.64. The Morgan fingerprint density at radius 3 is 2.35 bits per heavy atom. The minimum atomic E-state index is -0.122. The first-order valence-electron chi connectivity index (χ1n) is 9.13. The fraction of sp³-hybridized carbons (Fsp3) is 0.409. The summed E-state index contributed by atoms with van der Waals surface area (Å²) in [4.78, 5) is 12.5. The third kappa shape index (κ3) is 4.37. The summed E-state index contributed by atoms with van der Waals surface area (Å²) in [5, 5.41) is 2.97. The van der Waals surface area contributed by atoms with Gasteiger partial charge in [0.15, 0.2) is 11.5 Å². The number of nitrogens with one attached hydrogen (secondary N) is 1. The van der Waals surface area contributed by atoms with E-state index in [0.717, 1.165) is 11.4 Å². The number of rotatable bonds is 4. The Bertz CT molecular complexity index is 775. The van der Waals surface area contributed by atoms with Gasteiger partial charge in [-0.1, -0.05) is 52.0 Å². The number of hydrogen-bond acceptors (Lipinski definition) is 3. The third-order valence-corrected chi connectivity index (χ3v) is 4.62. The molecule has 4 nitrogen and oxygen atoms in total. The summed E-state index contributed by atoms with van der Waals surface area (Å²) in [5.74, 6) is 1.28. The normalized spacial score (nSPS) is 14.6. The Hall–Kier alpha value is -2.49. The molecule has 3 rings (SSSR count). The van der Waals surface area contributed by atoms with Gasteiger partial charge in [0.2, 0.25) is 5.91 Å². The van der Waals surface area contributed by atoms with E-state index in [9.17, 15) is 4.79 Å². The maximum absolute atomic E-state index is 12.5. The topological polar surface area (TPSA) is 47.6 Å². The van der Waals surface area contributed by atoms with Crippen molar-refractivity contribution in [1.82, 2.24) is 0 Å². The minimum Gasteiger partial charge on any atom is -0.486 e. The number of hydrogen-bond donors (Lipinski definition) is 1. The SMILES string of the molecule is CC(Cc1ccc(C(C)(C)C)cc1)C(=O)Nc1ccc2c(c1)OCCO2. The molecule has 1 aliphatic rings. The predicted molar refractivity (Wildman–Crippen MR) is 104 cm³/mol. The van der Waals surface area contributed by atoms with Crippen molar-refractivity contribution < 1.29 is 14.3 Å². The second-order valence-corrected chi connectivity index (χ2v) is 7.90. The lowest BCUT2D eigenvalue weighted by Gasteiger charge is -2.20. The maximum atomic E-state index is 12.5. The molecular formula is C22H27NO3. The molecule has 1 atom stereocenters. The first-order valence-corrected chi connectivity index (χ1v) is 9.13. The second kappa shape index (κ2) is 7.40. The zero-order valence-corrected chi connectivity index (χ0v) is 16.0. The van der Waals surface area contributed by atoms with Crippen LogP contribution in [0.2, 0.25) is 0 Å². The van der Waals surface area contributed by atoms with Crippen molar-refractivity contribution in [2.24, 2.45) is 5.92 Å². The van der Waals surface area contributed by atoms with Crippen molar-refractivity contribution in [1.29, 1.82) is 0 Å². The van der Waals surface area contributed by atoms with Gasteiger partial charge >= 0.3 is 0 Å². The average molecular weight is 353 g/mol. The van der Waals surface area contributed by atoms with Gasteiger partial charge in [-0.25, -0.2) is 0 Å². The summed E-state index contributed by atoms with van der Waals surface area (Å²) in [6.07, 6.45) is 0.709. The van der Waals surface area contributed by atoms with E-state index in [1.54, 1.807) is 0 Å². The van der Waals surface area contributed by atoms with Crippen LogP contribution in [0.25, 0.3) is 0 Å². The zero-order valence-electron chi connectivity index (χ0n) is 16.0. The lowest BCUT2D eigenvalue weighted by molar-refractivity contribution is -0.119. The van der Waals surface area contributed by atoms with Crippen LogP contribution < -0.4 is 14.8 Å². The Kier molecular flexibility index (Phi) is 5.21. The van der Waals surface area contributed by atoms with Crippen LogP contribution in [0.5, 0.6) is 11.5 Å². The molecule has 0 aromatic heterocycles. The van der Waals surface area contributed by atoms with E-state index >= 15 is 0 Å². The highest BCUT2D eigenvalue weighted by Crippen LogP contribution is 2.32. The summed E-state index contributed by atoms with van der Waals surface area (Å²) in [7, 11) is 0. The Balaban J connectivity index is 1.61. The van der Waals surface area contributed by atoms with Gasteiger partial charge in [-0.05, 0) is 35.1 Å². The van der Waals surface area contributed by atoms with E-state index in [2.05, 4.69) is 50.4 Å². The quantitative estimate of drug-likeness (QED) is 0.876. The second-order valence-electron chi connectivity index (χ2n) is 7.90. The van der Waals surface area contributed by atoms with Gasteiger partial charge < -0.3 is 14.8 Å². The number of anilines is 1. The van der Waals surface area contributed by atoms with E-state index in [1.165, 1.54) is 11.1 Å². The molecule has 0 radical (unpaired) electrons. The molecule has 0 spiro atoms. The lowest BCUT2D eigenvalue weighted by Crippen LogP contribution is -2.22. The molecule has 1 unspecified atom stereocenters. The largest absolute Gasteiger partial charge is 0.486 e. The van der Waals surface area contributed by atoms with Gasteiger partial charge in [-0.15, -0.1) is 0 Å². The molecule has 0 bridgehead atoms. The van der Waals surface area contributed by atoms with Crippen LogP contribution in [0.3, 0.4) is 0 Å². The molecule has 1 aliphatic heterocycles. The van der Waals surface area contributed by atoms with Crippen LogP contribution in [0.15, 0.2) is 42.5 Å². The highest BCUT2D eigenvalue weighted by atomic mass is 16.6. The van der Waals surface area contributed by atoms with Crippen molar-refractivity contribution in [3.8, 4) is 11.5 Å². The van der Waals surface area contributed by atoms with Gasteiger partial charge in [-0.2, -0.15) is 0 Å². The third-order valence-electron chi connectivity index (χ3n) is 4.62. The van der Waals surface area contributed by atoms with E-state index in [1.807, 2.05) is 25.1 Å². The summed E-state index contributed by atoms with van der Waals surface area (Å²) < 4.78 is 11.1. The lowest BCUT2D eigenvalue weighted by atomic mass is 9.86. The molecule has 138 valence electrons. The molecule has 0 aliphatic carbocycles. The molecule has 1 N–H and O–H groups in total. The first-order chi connectivity index (χ1) is 12.3. The first kappa shape index (κ1) is 18.3. The van der Waals surface area contributed by atoms with Crippen molar-refractivity contribution in [2.45, 2.75) is 39.5 Å². The highest BCUT2D eigenvalue weighted by Gasteiger charge is 2.17. The number of benzene rings is 2. The Morgan fingerprint density at radius 1 is 1.04 bits per heavy atom. The van der Waals surface area contributed by atoms with Gasteiger partial charge in [0.1, 0.15) is 13.2 Å². The molecule has 2 aromatic rings. The molecule has 0 saturated heterocycles. The van der Waals surface area contributed by atoms with Gasteiger partial charge in [-0.3, -0.25) is 4.79 Å². The van der Waals surface area contributed by atoms with Crippen molar-refractivity contribution in [3.05, 3.63) is 53.6 Å². The predicted octanol–water partition coefficient (Wildman–Crippen LogP) is 4.57. The zero-order chi connectivity index (χ0) is 18.7. The van der Waals surface area contributed by atoms with Crippen LogP contribution in [0.1, 0.15) is 38.8 Å². The van der Waals surface area contributed by atoms with Crippen molar-refractivity contribution in [3.63, 3.8) is 0 Å². The number of fused-ring (bicyclic) bond motifs is 1. The summed E-state index contributed by atoms with van der Waals surface area (Å²) in [5.41, 5.74) is 3.34. The molecule has 2 aromatic carbocycles. The monoisotopic (exact) mass is 353 g/mol. The number of carbonyl (C=O) groups is 1. The Morgan fingerprint density at radius 2 is 1.69 bits per heavy atom. The molecule has 1 heterocycles. The highest BCUT2D eigenvalue weighted by molar-refractivity contribution is 5.92. The van der Waals surface area contributed by atoms with Crippen LogP contribution in [-0.4, -0.2) is 19.1 Å². The van der Waals surface area contributed by atoms with Gasteiger partial charge in [0.05, 0.1) is 0 Å². The number of ether oxygens (including phenoxy) is 2. The molecule has 1 amide bonds. The molecule has 0 fully saturated rings. The fourth-order valence-electron chi connectivity index (χ4n) is 2.97. The molecule has 4 heteroatoms. The van der Waals surface area contributed by atoms with Crippen LogP contribution in [-0.2, 0) is 16.6 Å². The van der Waals surface area contributed by atoms with Crippen LogP contribution >= 0.6 is 0 Å². The van der Waals surface area contributed by atoms with E-state index < -0.39 is 0 Å². The minimum absolute atomic E-state index is 0.00146. The molecule has 26 heavy (non-hydrogen) atoms. The molecule has 0 saturated carbocycles. The summed E-state index contributed by atoms with van der Waals surface area (Å²) in [6, 6.07) is 14.0. The van der Waals surface area contributed by atoms with Crippen LogP contribution in [0, 0.1) is 5.92 Å². The van der Waals surface area contributed by atoms with Crippen molar-refractivity contribution in [2.75, 3.05) is 18.5 Å². The van der Waals surface area contributed by atoms with Crippen LogP contribution in [0.4, 0.5) is 5.69 Å². The van der Waals surface area contributed by atoms with E-state index in [4.69, 9.17) is 9.47 Å². The van der Waals surface area contributed by atoms with Crippen molar-refractivity contribution >= 4 is 11.6 Å². The maximum Gasteiger partial charge on any atom is 0.227 e. The molecular weight excluding hydrogens is 326 g/mol. The Labute approximate surface area is 155 Å².